The van der Waals surface area contributed by atoms with Gasteiger partial charge in [-0.3, -0.25) is 9.59 Å². The Morgan fingerprint density at radius 3 is 2.30 bits per heavy atom. The fraction of sp³-hybridized carbons (Fsp3) is 0.857. The lowest BCUT2D eigenvalue weighted by atomic mass is 9.88. The van der Waals surface area contributed by atoms with E-state index in [-0.39, 0.29) is 42.7 Å². The van der Waals surface area contributed by atoms with Crippen LogP contribution in [-0.2, 0) is 14.3 Å². The maximum atomic E-state index is 12.3. The minimum Gasteiger partial charge on any atom is -0.469 e. The third kappa shape index (κ3) is 4.94. The summed E-state index contributed by atoms with van der Waals surface area (Å²) in [4.78, 5) is 23.8. The highest BCUT2D eigenvalue weighted by atomic mass is 35.5. The van der Waals surface area contributed by atoms with Gasteiger partial charge in [0.15, 0.2) is 0 Å². The maximum Gasteiger partial charge on any atom is 0.307 e. The summed E-state index contributed by atoms with van der Waals surface area (Å²) in [6.45, 7) is 3.96. The van der Waals surface area contributed by atoms with Gasteiger partial charge in [-0.05, 0) is 32.1 Å². The molecule has 5 nitrogen and oxygen atoms in total. The second kappa shape index (κ2) is 8.47. The summed E-state index contributed by atoms with van der Waals surface area (Å²) in [7, 11) is 1.37. The minimum absolute atomic E-state index is 0. The standard InChI is InChI=1S/C14H26N2O3.ClH/c1-4-14(5-2,9-12(17)19-3)16-13(18)10-6-7-11(15)8-10;/h10-11H,4-9,15H2,1-3H3,(H,16,18);1H. The highest BCUT2D eigenvalue weighted by Crippen LogP contribution is 2.27. The number of nitrogens with two attached hydrogens (primary N) is 1. The summed E-state index contributed by atoms with van der Waals surface area (Å²) >= 11 is 0. The van der Waals surface area contributed by atoms with Crippen LogP contribution in [0.1, 0.15) is 52.4 Å². The molecule has 6 heteroatoms. The Balaban J connectivity index is 0.00000361. The van der Waals surface area contributed by atoms with Crippen LogP contribution in [0.2, 0.25) is 0 Å². The number of halogens is 1. The Kier molecular flexibility index (Phi) is 8.13. The zero-order valence-corrected chi connectivity index (χ0v) is 13.4. The number of hydrogen-bond acceptors (Lipinski definition) is 4. The lowest BCUT2D eigenvalue weighted by Crippen LogP contribution is -2.51. The summed E-state index contributed by atoms with van der Waals surface area (Å²) in [6.07, 6.45) is 4.13. The molecule has 0 saturated heterocycles. The largest absolute Gasteiger partial charge is 0.469 e. The maximum absolute atomic E-state index is 12.3. The number of nitrogens with one attached hydrogen (secondary N) is 1. The van der Waals surface area contributed by atoms with E-state index < -0.39 is 5.54 Å². The predicted molar refractivity (Wildman–Crippen MR) is 80.7 cm³/mol. The van der Waals surface area contributed by atoms with Gasteiger partial charge >= 0.3 is 5.97 Å². The molecule has 20 heavy (non-hydrogen) atoms. The first-order chi connectivity index (χ1) is 8.96. The quantitative estimate of drug-likeness (QED) is 0.733. The summed E-state index contributed by atoms with van der Waals surface area (Å²) in [6, 6.07) is 0.133. The molecule has 0 spiro atoms. The third-order valence-electron chi connectivity index (χ3n) is 4.30. The van der Waals surface area contributed by atoms with E-state index in [9.17, 15) is 9.59 Å². The summed E-state index contributed by atoms with van der Waals surface area (Å²) in [5.41, 5.74) is 5.35. The molecular formula is C14H27ClN2O3. The van der Waals surface area contributed by atoms with Crippen LogP contribution in [0, 0.1) is 5.92 Å². The van der Waals surface area contributed by atoms with E-state index in [0.29, 0.717) is 12.8 Å². The Bertz CT molecular complexity index is 332. The van der Waals surface area contributed by atoms with Crippen LogP contribution >= 0.6 is 12.4 Å². The van der Waals surface area contributed by atoms with Gasteiger partial charge in [0.25, 0.3) is 0 Å². The topological polar surface area (TPSA) is 81.4 Å². The van der Waals surface area contributed by atoms with Crippen LogP contribution in [0.4, 0.5) is 0 Å². The summed E-state index contributed by atoms with van der Waals surface area (Å²) in [5, 5.41) is 3.06. The monoisotopic (exact) mass is 306 g/mol. The molecule has 0 aromatic carbocycles. The number of esters is 1. The second-order valence-electron chi connectivity index (χ2n) is 5.50. The number of amides is 1. The molecule has 0 radical (unpaired) electrons. The molecule has 1 saturated carbocycles. The van der Waals surface area contributed by atoms with Gasteiger partial charge < -0.3 is 15.8 Å². The van der Waals surface area contributed by atoms with Gasteiger partial charge in [-0.15, -0.1) is 12.4 Å². The molecule has 1 amide bonds. The highest BCUT2D eigenvalue weighted by molar-refractivity contribution is 5.85. The van der Waals surface area contributed by atoms with E-state index >= 15 is 0 Å². The molecule has 0 aromatic rings. The predicted octanol–water partition coefficient (Wildman–Crippen LogP) is 1.77. The Morgan fingerprint density at radius 2 is 1.90 bits per heavy atom. The van der Waals surface area contributed by atoms with Crippen molar-refractivity contribution in [3.05, 3.63) is 0 Å². The van der Waals surface area contributed by atoms with Gasteiger partial charge in [-0.2, -0.15) is 0 Å². The highest BCUT2D eigenvalue weighted by Gasteiger charge is 2.35. The molecule has 1 fully saturated rings. The molecule has 3 N–H and O–H groups in total. The van der Waals surface area contributed by atoms with Crippen LogP contribution in [0.3, 0.4) is 0 Å². The molecule has 0 aliphatic heterocycles. The SMILES string of the molecule is CCC(CC)(CC(=O)OC)NC(=O)C1CCC(N)C1.Cl. The van der Waals surface area contributed by atoms with Crippen molar-refractivity contribution in [3.8, 4) is 0 Å². The smallest absolute Gasteiger partial charge is 0.307 e. The number of carbonyl (C=O) groups is 2. The Labute approximate surface area is 127 Å². The van der Waals surface area contributed by atoms with E-state index in [1.165, 1.54) is 7.11 Å². The second-order valence-corrected chi connectivity index (χ2v) is 5.50. The van der Waals surface area contributed by atoms with Crippen LogP contribution in [0.5, 0.6) is 0 Å². The van der Waals surface area contributed by atoms with Gasteiger partial charge in [0.05, 0.1) is 13.5 Å². The van der Waals surface area contributed by atoms with Crippen molar-refractivity contribution in [1.29, 1.82) is 0 Å². The average molecular weight is 307 g/mol. The van der Waals surface area contributed by atoms with Crippen molar-refractivity contribution in [2.75, 3.05) is 7.11 Å². The van der Waals surface area contributed by atoms with Gasteiger partial charge in [0.1, 0.15) is 0 Å². The van der Waals surface area contributed by atoms with E-state index in [2.05, 4.69) is 5.32 Å². The lowest BCUT2D eigenvalue weighted by Gasteiger charge is -2.33. The number of methoxy groups -OCH3 is 1. The van der Waals surface area contributed by atoms with Gasteiger partial charge in [-0.1, -0.05) is 13.8 Å². The first-order valence-corrected chi connectivity index (χ1v) is 7.10. The molecule has 2 atom stereocenters. The Morgan fingerprint density at radius 1 is 1.30 bits per heavy atom. The van der Waals surface area contributed by atoms with E-state index in [4.69, 9.17) is 10.5 Å². The average Bonchev–Trinajstić information content (AvgIpc) is 2.84. The number of ether oxygens (including phenoxy) is 1. The van der Waals surface area contributed by atoms with Crippen molar-refractivity contribution in [3.63, 3.8) is 0 Å². The van der Waals surface area contributed by atoms with Crippen molar-refractivity contribution in [2.24, 2.45) is 11.7 Å². The first-order valence-electron chi connectivity index (χ1n) is 7.10. The number of rotatable bonds is 6. The van der Waals surface area contributed by atoms with Crippen molar-refractivity contribution in [2.45, 2.75) is 64.0 Å². The minimum atomic E-state index is -0.489. The molecule has 1 aliphatic rings. The van der Waals surface area contributed by atoms with Gasteiger partial charge in [0, 0.05) is 17.5 Å². The van der Waals surface area contributed by atoms with Crippen LogP contribution in [0.25, 0.3) is 0 Å². The van der Waals surface area contributed by atoms with Crippen molar-refractivity contribution < 1.29 is 14.3 Å². The fourth-order valence-corrected chi connectivity index (χ4v) is 2.69. The molecule has 1 aliphatic carbocycles. The van der Waals surface area contributed by atoms with E-state index in [0.717, 1.165) is 19.3 Å². The summed E-state index contributed by atoms with van der Waals surface area (Å²) < 4.78 is 4.72. The molecular weight excluding hydrogens is 280 g/mol. The first kappa shape index (κ1) is 19.2. The zero-order chi connectivity index (χ0) is 14.5. The molecule has 0 bridgehead atoms. The normalized spacial score (nSPS) is 22.0. The van der Waals surface area contributed by atoms with E-state index in [1.54, 1.807) is 0 Å². The molecule has 2 unspecified atom stereocenters. The van der Waals surface area contributed by atoms with Crippen molar-refractivity contribution in [1.82, 2.24) is 5.32 Å². The fourth-order valence-electron chi connectivity index (χ4n) is 2.69. The van der Waals surface area contributed by atoms with Crippen molar-refractivity contribution >= 4 is 24.3 Å². The Hall–Kier alpha value is -0.810. The number of carbonyl (C=O) groups excluding carboxylic acids is 2. The van der Waals surface area contributed by atoms with Gasteiger partial charge in [0.2, 0.25) is 5.91 Å². The van der Waals surface area contributed by atoms with Crippen LogP contribution in [-0.4, -0.2) is 30.6 Å². The van der Waals surface area contributed by atoms with Crippen LogP contribution in [0.15, 0.2) is 0 Å². The number of hydrogen-bond donors (Lipinski definition) is 2. The third-order valence-corrected chi connectivity index (χ3v) is 4.30. The zero-order valence-electron chi connectivity index (χ0n) is 12.6. The van der Waals surface area contributed by atoms with Gasteiger partial charge in [-0.25, -0.2) is 0 Å². The molecule has 0 heterocycles. The lowest BCUT2D eigenvalue weighted by molar-refractivity contribution is -0.143. The van der Waals surface area contributed by atoms with E-state index in [1.807, 2.05) is 13.8 Å². The molecule has 0 aromatic heterocycles. The van der Waals surface area contributed by atoms with Crippen LogP contribution < -0.4 is 11.1 Å². The molecule has 1 rings (SSSR count). The molecule has 118 valence electrons. The summed E-state index contributed by atoms with van der Waals surface area (Å²) in [5.74, 6) is -0.266.